The summed E-state index contributed by atoms with van der Waals surface area (Å²) in [7, 11) is 0. The molecule has 1 N–H and O–H groups in total. The summed E-state index contributed by atoms with van der Waals surface area (Å²) >= 11 is 3.45. The number of rotatable bonds is 5. The summed E-state index contributed by atoms with van der Waals surface area (Å²) in [4.78, 5) is 18.1. The highest BCUT2D eigenvalue weighted by Gasteiger charge is 2.20. The maximum atomic E-state index is 5.45. The molecule has 0 spiro atoms. The number of hydrogen-bond acceptors (Lipinski definition) is 9. The van der Waals surface area contributed by atoms with Crippen LogP contribution >= 0.6 is 15.9 Å². The van der Waals surface area contributed by atoms with E-state index < -0.39 is 0 Å². The summed E-state index contributed by atoms with van der Waals surface area (Å²) in [6.07, 6.45) is 0. The van der Waals surface area contributed by atoms with Gasteiger partial charge in [-0.05, 0) is 24.6 Å². The summed E-state index contributed by atoms with van der Waals surface area (Å²) in [5, 5.41) is 4.48. The second-order valence-electron chi connectivity index (χ2n) is 6.77. The lowest BCUT2D eigenvalue weighted by atomic mass is 10.1. The molecule has 9 nitrogen and oxygen atoms in total. The highest BCUT2D eigenvalue weighted by atomic mass is 79.9. The third-order valence-corrected chi connectivity index (χ3v) is 5.31. The van der Waals surface area contributed by atoms with Crippen molar-refractivity contribution in [3.63, 3.8) is 0 Å². The third-order valence-electron chi connectivity index (χ3n) is 4.79. The van der Waals surface area contributed by atoms with Crippen LogP contribution in [0.1, 0.15) is 12.5 Å². The lowest BCUT2D eigenvalue weighted by Gasteiger charge is -2.30. The van der Waals surface area contributed by atoms with E-state index in [4.69, 9.17) is 14.5 Å². The molecule has 4 rings (SSSR count). The van der Waals surface area contributed by atoms with Crippen LogP contribution in [-0.2, 0) is 9.47 Å². The van der Waals surface area contributed by atoms with Gasteiger partial charge in [0.05, 0.1) is 32.1 Å². The molecule has 2 fully saturated rings. The Balaban J connectivity index is 1.58. The zero-order valence-corrected chi connectivity index (χ0v) is 17.9. The number of benzene rings is 1. The van der Waals surface area contributed by atoms with Crippen LogP contribution in [0.4, 0.5) is 17.8 Å². The molecule has 0 amide bonds. The van der Waals surface area contributed by atoms with Gasteiger partial charge in [0.25, 0.3) is 0 Å². The molecule has 154 valence electrons. The fourth-order valence-electron chi connectivity index (χ4n) is 3.10. The first-order chi connectivity index (χ1) is 14.2. The average molecular weight is 462 g/mol. The van der Waals surface area contributed by atoms with Gasteiger partial charge in [-0.15, -0.1) is 0 Å². The van der Waals surface area contributed by atoms with Gasteiger partial charge in [0, 0.05) is 30.7 Å². The molecule has 29 heavy (non-hydrogen) atoms. The van der Waals surface area contributed by atoms with E-state index >= 15 is 0 Å². The van der Waals surface area contributed by atoms with Crippen molar-refractivity contribution in [3.05, 3.63) is 34.3 Å². The Hall–Kier alpha value is -2.30. The van der Waals surface area contributed by atoms with Crippen molar-refractivity contribution >= 4 is 39.5 Å². The summed E-state index contributed by atoms with van der Waals surface area (Å²) in [5.74, 6) is 1.71. The topological polar surface area (TPSA) is 88.0 Å². The van der Waals surface area contributed by atoms with Gasteiger partial charge >= 0.3 is 0 Å². The monoisotopic (exact) mass is 461 g/mol. The zero-order valence-electron chi connectivity index (χ0n) is 16.3. The molecule has 2 aliphatic rings. The van der Waals surface area contributed by atoms with Crippen LogP contribution in [0.25, 0.3) is 0 Å². The number of halogens is 1. The Morgan fingerprint density at radius 3 is 1.93 bits per heavy atom. The largest absolute Gasteiger partial charge is 0.378 e. The van der Waals surface area contributed by atoms with Crippen molar-refractivity contribution in [1.82, 2.24) is 15.0 Å². The summed E-state index contributed by atoms with van der Waals surface area (Å²) in [6, 6.07) is 8.00. The van der Waals surface area contributed by atoms with Crippen LogP contribution < -0.4 is 15.2 Å². The van der Waals surface area contributed by atoms with Gasteiger partial charge in [0.15, 0.2) is 0 Å². The Labute approximate surface area is 178 Å². The van der Waals surface area contributed by atoms with Crippen molar-refractivity contribution in [2.75, 3.05) is 67.8 Å². The van der Waals surface area contributed by atoms with Crippen LogP contribution in [0, 0.1) is 0 Å². The standard InChI is InChI=1S/C19H24BrN7O2/c1-14(15-2-4-16(20)5-3-15)24-25-17-21-18(26-6-10-28-11-7-26)23-19(22-17)27-8-12-29-13-9-27/h2-5H,6-13H2,1H3,(H,21,22,23,25)/b24-14+. The number of hydrogen-bond donors (Lipinski definition) is 1. The number of anilines is 3. The van der Waals surface area contributed by atoms with Gasteiger partial charge in [-0.3, -0.25) is 0 Å². The van der Waals surface area contributed by atoms with Gasteiger partial charge in [-0.1, -0.05) is 28.1 Å². The smallest absolute Gasteiger partial charge is 0.250 e. The number of ether oxygens (including phenoxy) is 2. The van der Waals surface area contributed by atoms with E-state index in [0.717, 1.165) is 41.9 Å². The molecule has 0 unspecified atom stereocenters. The van der Waals surface area contributed by atoms with E-state index in [-0.39, 0.29) is 0 Å². The number of hydrazone groups is 1. The SMILES string of the molecule is C/C(=N\Nc1nc(N2CCOCC2)nc(N2CCOCC2)n1)c1ccc(Br)cc1. The summed E-state index contributed by atoms with van der Waals surface area (Å²) in [6.45, 7) is 7.65. The van der Waals surface area contributed by atoms with Crippen molar-refractivity contribution in [2.45, 2.75) is 6.92 Å². The van der Waals surface area contributed by atoms with E-state index in [2.05, 4.69) is 46.2 Å². The van der Waals surface area contributed by atoms with Crippen molar-refractivity contribution in [3.8, 4) is 0 Å². The second kappa shape index (κ2) is 9.47. The van der Waals surface area contributed by atoms with Gasteiger partial charge < -0.3 is 19.3 Å². The molecule has 1 aromatic carbocycles. The third kappa shape index (κ3) is 5.20. The quantitative estimate of drug-likeness (QED) is 0.535. The molecule has 0 aliphatic carbocycles. The lowest BCUT2D eigenvalue weighted by Crippen LogP contribution is -2.40. The predicted molar refractivity (Wildman–Crippen MR) is 116 cm³/mol. The minimum atomic E-state index is 0.430. The van der Waals surface area contributed by atoms with E-state index in [0.29, 0.717) is 44.3 Å². The van der Waals surface area contributed by atoms with Crippen LogP contribution in [0.3, 0.4) is 0 Å². The molecule has 2 saturated heterocycles. The van der Waals surface area contributed by atoms with Gasteiger partial charge in [-0.25, -0.2) is 5.43 Å². The molecule has 2 aromatic rings. The van der Waals surface area contributed by atoms with Crippen LogP contribution in [0.15, 0.2) is 33.8 Å². The number of morpholine rings is 2. The fraction of sp³-hybridized carbons (Fsp3) is 0.474. The second-order valence-corrected chi connectivity index (χ2v) is 7.69. The Bertz CT molecular complexity index is 814. The van der Waals surface area contributed by atoms with Gasteiger partial charge in [0.1, 0.15) is 0 Å². The Kier molecular flexibility index (Phi) is 6.53. The molecular weight excluding hydrogens is 438 g/mol. The summed E-state index contributed by atoms with van der Waals surface area (Å²) in [5.41, 5.74) is 4.89. The van der Waals surface area contributed by atoms with E-state index in [9.17, 15) is 0 Å². The number of nitrogens with one attached hydrogen (secondary N) is 1. The highest BCUT2D eigenvalue weighted by Crippen LogP contribution is 2.19. The molecular formula is C19H24BrN7O2. The first-order valence-electron chi connectivity index (χ1n) is 9.67. The number of nitrogens with zero attached hydrogens (tertiary/aromatic N) is 6. The van der Waals surface area contributed by atoms with E-state index in [1.807, 2.05) is 31.2 Å². The Morgan fingerprint density at radius 2 is 1.41 bits per heavy atom. The molecule has 1 aromatic heterocycles. The van der Waals surface area contributed by atoms with Crippen LogP contribution in [-0.4, -0.2) is 73.3 Å². The van der Waals surface area contributed by atoms with Crippen LogP contribution in [0.2, 0.25) is 0 Å². The maximum absolute atomic E-state index is 5.45. The van der Waals surface area contributed by atoms with Crippen molar-refractivity contribution < 1.29 is 9.47 Å². The molecule has 0 bridgehead atoms. The molecule has 10 heteroatoms. The first-order valence-corrected chi connectivity index (χ1v) is 10.5. The zero-order chi connectivity index (χ0) is 20.1. The number of aromatic nitrogens is 3. The fourth-order valence-corrected chi connectivity index (χ4v) is 3.37. The maximum Gasteiger partial charge on any atom is 0.250 e. The molecule has 0 atom stereocenters. The van der Waals surface area contributed by atoms with Crippen molar-refractivity contribution in [2.24, 2.45) is 5.10 Å². The minimum Gasteiger partial charge on any atom is -0.378 e. The molecule has 0 radical (unpaired) electrons. The normalized spacial score (nSPS) is 18.1. The van der Waals surface area contributed by atoms with Gasteiger partial charge in [0.2, 0.25) is 17.8 Å². The van der Waals surface area contributed by atoms with E-state index in [1.54, 1.807) is 0 Å². The highest BCUT2D eigenvalue weighted by molar-refractivity contribution is 9.10. The van der Waals surface area contributed by atoms with Crippen LogP contribution in [0.5, 0.6) is 0 Å². The first kappa shape index (κ1) is 20.0. The van der Waals surface area contributed by atoms with Gasteiger partial charge in [-0.2, -0.15) is 20.1 Å². The Morgan fingerprint density at radius 1 is 0.897 bits per heavy atom. The van der Waals surface area contributed by atoms with Crippen molar-refractivity contribution in [1.29, 1.82) is 0 Å². The predicted octanol–water partition coefficient (Wildman–Crippen LogP) is 2.14. The average Bonchev–Trinajstić information content (AvgIpc) is 2.79. The molecule has 3 heterocycles. The molecule has 2 aliphatic heterocycles. The molecule has 0 saturated carbocycles. The summed E-state index contributed by atoms with van der Waals surface area (Å²) < 4.78 is 11.9. The minimum absolute atomic E-state index is 0.430. The lowest BCUT2D eigenvalue weighted by molar-refractivity contribution is 0.121. The van der Waals surface area contributed by atoms with E-state index in [1.165, 1.54) is 0 Å².